The average molecular weight is 244 g/mol. The van der Waals surface area contributed by atoms with Gasteiger partial charge in [-0.3, -0.25) is 0 Å². The number of carbonyl (C=O) groups is 1. The minimum Gasteiger partial charge on any atom is -0.478 e. The summed E-state index contributed by atoms with van der Waals surface area (Å²) in [5, 5.41) is 12.2. The van der Waals surface area contributed by atoms with Crippen molar-refractivity contribution in [2.45, 2.75) is 32.9 Å². The van der Waals surface area contributed by atoms with Crippen molar-refractivity contribution in [1.29, 1.82) is 0 Å². The lowest BCUT2D eigenvalue weighted by atomic mass is 10.0. The van der Waals surface area contributed by atoms with Crippen LogP contribution < -0.4 is 5.32 Å². The van der Waals surface area contributed by atoms with Crippen LogP contribution in [0.5, 0.6) is 0 Å². The number of hydrogen-bond acceptors (Lipinski definition) is 2. The summed E-state index contributed by atoms with van der Waals surface area (Å²) in [5.74, 6) is -0.874. The fourth-order valence-electron chi connectivity index (χ4n) is 1.24. The molecule has 0 aliphatic rings. The zero-order valence-corrected chi connectivity index (χ0v) is 10.6. The number of aromatic carboxylic acids is 1. The van der Waals surface area contributed by atoms with Crippen molar-refractivity contribution in [3.05, 3.63) is 35.4 Å². The monoisotopic (exact) mass is 243 g/mol. The summed E-state index contributed by atoms with van der Waals surface area (Å²) in [4.78, 5) is 10.9. The van der Waals surface area contributed by atoms with Crippen LogP contribution in [0.2, 0.25) is 0 Å². The number of rotatable bonds is 3. The average Bonchev–Trinajstić information content (AvgIpc) is 2.14. The Labute approximate surface area is 102 Å². The van der Waals surface area contributed by atoms with Crippen molar-refractivity contribution in [2.75, 3.05) is 0 Å². The molecule has 90 valence electrons. The molecule has 1 aromatic carbocycles. The summed E-state index contributed by atoms with van der Waals surface area (Å²) < 4.78 is 0. The molecule has 0 amide bonds. The fourth-order valence-corrected chi connectivity index (χ4v) is 1.24. The van der Waals surface area contributed by atoms with Gasteiger partial charge in [0.05, 0.1) is 5.56 Å². The van der Waals surface area contributed by atoms with Crippen molar-refractivity contribution in [3.8, 4) is 0 Å². The van der Waals surface area contributed by atoms with Crippen LogP contribution in [-0.2, 0) is 6.54 Å². The van der Waals surface area contributed by atoms with Gasteiger partial charge in [-0.2, -0.15) is 0 Å². The van der Waals surface area contributed by atoms with E-state index in [1.807, 2.05) is 12.1 Å². The Balaban J connectivity index is 0.00000225. The first-order valence-corrected chi connectivity index (χ1v) is 4.96. The van der Waals surface area contributed by atoms with Gasteiger partial charge in [-0.15, -0.1) is 12.4 Å². The summed E-state index contributed by atoms with van der Waals surface area (Å²) in [6, 6.07) is 7.06. The molecule has 0 unspecified atom stereocenters. The number of nitrogens with one attached hydrogen (secondary N) is 1. The Morgan fingerprint density at radius 3 is 2.38 bits per heavy atom. The van der Waals surface area contributed by atoms with Crippen LogP contribution in [0.1, 0.15) is 36.7 Å². The van der Waals surface area contributed by atoms with Crippen LogP contribution >= 0.6 is 12.4 Å². The smallest absolute Gasteiger partial charge is 0.336 e. The van der Waals surface area contributed by atoms with Crippen molar-refractivity contribution in [1.82, 2.24) is 5.32 Å². The van der Waals surface area contributed by atoms with Crippen LogP contribution in [0.15, 0.2) is 24.3 Å². The van der Waals surface area contributed by atoms with Gasteiger partial charge < -0.3 is 10.4 Å². The minimum atomic E-state index is -0.874. The van der Waals surface area contributed by atoms with Crippen LogP contribution in [0.3, 0.4) is 0 Å². The zero-order chi connectivity index (χ0) is 11.5. The maximum absolute atomic E-state index is 10.9. The first kappa shape index (κ1) is 14.9. The number of carboxylic acids is 1. The normalized spacial score (nSPS) is 10.7. The van der Waals surface area contributed by atoms with E-state index in [0.29, 0.717) is 12.1 Å². The molecule has 0 radical (unpaired) electrons. The summed E-state index contributed by atoms with van der Waals surface area (Å²) in [6.07, 6.45) is 0. The molecule has 2 N–H and O–H groups in total. The van der Waals surface area contributed by atoms with Crippen molar-refractivity contribution < 1.29 is 9.90 Å². The number of carboxylic acid groups (broad SMARTS) is 1. The summed E-state index contributed by atoms with van der Waals surface area (Å²) in [5.41, 5.74) is 1.18. The molecule has 0 saturated carbocycles. The second kappa shape index (κ2) is 5.87. The molecule has 0 fully saturated rings. The van der Waals surface area contributed by atoms with E-state index in [0.717, 1.165) is 5.56 Å². The summed E-state index contributed by atoms with van der Waals surface area (Å²) >= 11 is 0. The first-order chi connectivity index (χ1) is 6.90. The lowest BCUT2D eigenvalue weighted by Crippen LogP contribution is -2.35. The standard InChI is InChI=1S/C12H17NO2.ClH/c1-12(2,3)13-8-9-6-4-5-7-10(9)11(14)15;/h4-7,13H,8H2,1-3H3,(H,14,15);1H. The third-order valence-corrected chi connectivity index (χ3v) is 2.06. The molecule has 0 heterocycles. The molecule has 4 heteroatoms. The molecule has 1 aromatic rings. The molecule has 0 atom stereocenters. The maximum atomic E-state index is 10.9. The van der Waals surface area contributed by atoms with Gasteiger partial charge in [-0.05, 0) is 32.4 Å². The van der Waals surface area contributed by atoms with E-state index >= 15 is 0 Å². The first-order valence-electron chi connectivity index (χ1n) is 4.96. The fraction of sp³-hybridized carbons (Fsp3) is 0.417. The maximum Gasteiger partial charge on any atom is 0.336 e. The summed E-state index contributed by atoms with van der Waals surface area (Å²) in [6.45, 7) is 6.73. The van der Waals surface area contributed by atoms with E-state index in [2.05, 4.69) is 26.1 Å². The highest BCUT2D eigenvalue weighted by molar-refractivity contribution is 5.89. The van der Waals surface area contributed by atoms with Gasteiger partial charge in [0.2, 0.25) is 0 Å². The van der Waals surface area contributed by atoms with E-state index < -0.39 is 5.97 Å². The highest BCUT2D eigenvalue weighted by atomic mass is 35.5. The third-order valence-electron chi connectivity index (χ3n) is 2.06. The van der Waals surface area contributed by atoms with Crippen LogP contribution in [-0.4, -0.2) is 16.6 Å². The molecule has 1 rings (SSSR count). The topological polar surface area (TPSA) is 49.3 Å². The minimum absolute atomic E-state index is 0. The Hall–Kier alpha value is -1.06. The van der Waals surface area contributed by atoms with Crippen LogP contribution in [0.25, 0.3) is 0 Å². The van der Waals surface area contributed by atoms with Crippen LogP contribution in [0.4, 0.5) is 0 Å². The molecule has 0 bridgehead atoms. The number of benzene rings is 1. The van der Waals surface area contributed by atoms with Crippen molar-refractivity contribution in [3.63, 3.8) is 0 Å². The predicted molar refractivity (Wildman–Crippen MR) is 67.2 cm³/mol. The van der Waals surface area contributed by atoms with E-state index in [9.17, 15) is 4.79 Å². The predicted octanol–water partition coefficient (Wildman–Crippen LogP) is 2.69. The Kier molecular flexibility index (Phi) is 5.48. The van der Waals surface area contributed by atoms with Gasteiger partial charge in [0.25, 0.3) is 0 Å². The third kappa shape index (κ3) is 4.64. The molecule has 0 aliphatic heterocycles. The molecule has 0 aromatic heterocycles. The second-order valence-electron chi connectivity index (χ2n) is 4.57. The zero-order valence-electron chi connectivity index (χ0n) is 9.78. The van der Waals surface area contributed by atoms with Crippen molar-refractivity contribution >= 4 is 18.4 Å². The molecular formula is C12H18ClNO2. The van der Waals surface area contributed by atoms with E-state index in [4.69, 9.17) is 5.11 Å². The quantitative estimate of drug-likeness (QED) is 0.858. The van der Waals surface area contributed by atoms with E-state index in [1.165, 1.54) is 0 Å². The Bertz CT molecular complexity index is 358. The molecule has 0 spiro atoms. The Morgan fingerprint density at radius 2 is 1.88 bits per heavy atom. The number of hydrogen-bond donors (Lipinski definition) is 2. The Morgan fingerprint density at radius 1 is 1.31 bits per heavy atom. The van der Waals surface area contributed by atoms with Gasteiger partial charge in [0.1, 0.15) is 0 Å². The highest BCUT2D eigenvalue weighted by Gasteiger charge is 2.12. The number of halogens is 1. The van der Waals surface area contributed by atoms with Crippen molar-refractivity contribution in [2.24, 2.45) is 0 Å². The van der Waals surface area contributed by atoms with Gasteiger partial charge in [0.15, 0.2) is 0 Å². The van der Waals surface area contributed by atoms with Gasteiger partial charge in [-0.1, -0.05) is 18.2 Å². The lowest BCUT2D eigenvalue weighted by molar-refractivity contribution is 0.0695. The highest BCUT2D eigenvalue weighted by Crippen LogP contribution is 2.10. The van der Waals surface area contributed by atoms with E-state index in [-0.39, 0.29) is 17.9 Å². The SMILES string of the molecule is CC(C)(C)NCc1ccccc1C(=O)O.Cl. The van der Waals surface area contributed by atoms with E-state index in [1.54, 1.807) is 12.1 Å². The lowest BCUT2D eigenvalue weighted by Gasteiger charge is -2.21. The second-order valence-corrected chi connectivity index (χ2v) is 4.57. The summed E-state index contributed by atoms with van der Waals surface area (Å²) in [7, 11) is 0. The largest absolute Gasteiger partial charge is 0.478 e. The molecule has 0 saturated heterocycles. The molecular weight excluding hydrogens is 226 g/mol. The van der Waals surface area contributed by atoms with Gasteiger partial charge >= 0.3 is 5.97 Å². The molecule has 16 heavy (non-hydrogen) atoms. The van der Waals surface area contributed by atoms with Gasteiger partial charge in [-0.25, -0.2) is 4.79 Å². The van der Waals surface area contributed by atoms with Crippen LogP contribution in [0, 0.1) is 0 Å². The molecule has 0 aliphatic carbocycles. The molecule has 3 nitrogen and oxygen atoms in total. The van der Waals surface area contributed by atoms with Gasteiger partial charge in [0, 0.05) is 12.1 Å².